The molecule has 3 aromatic carbocycles. The molecule has 0 saturated heterocycles. The zero-order chi connectivity index (χ0) is 27.7. The monoisotopic (exact) mass is 514 g/mol. The number of hydrogen-bond donors (Lipinski definition) is 0. The Morgan fingerprint density at radius 3 is 1.95 bits per heavy atom. The van der Waals surface area contributed by atoms with Gasteiger partial charge in [-0.15, -0.1) is 0 Å². The number of ether oxygens (including phenoxy) is 2. The molecule has 0 bridgehead atoms. The summed E-state index contributed by atoms with van der Waals surface area (Å²) < 4.78 is 10.9. The van der Waals surface area contributed by atoms with Gasteiger partial charge in [-0.1, -0.05) is 89.9 Å². The molecule has 202 valence electrons. The van der Waals surface area contributed by atoms with Gasteiger partial charge in [0.1, 0.15) is 5.75 Å². The Bertz CT molecular complexity index is 1200. The van der Waals surface area contributed by atoms with E-state index in [1.807, 2.05) is 38.1 Å². The molecule has 0 saturated carbocycles. The van der Waals surface area contributed by atoms with Crippen molar-refractivity contribution in [2.24, 2.45) is 0 Å². The average Bonchev–Trinajstić information content (AvgIpc) is 2.96. The fourth-order valence-corrected chi connectivity index (χ4v) is 4.56. The molecule has 4 heteroatoms. The van der Waals surface area contributed by atoms with Crippen molar-refractivity contribution in [3.8, 4) is 5.75 Å². The minimum absolute atomic E-state index is 0.181. The second-order valence-electron chi connectivity index (χ2n) is 10.5. The van der Waals surface area contributed by atoms with E-state index in [1.54, 1.807) is 18.2 Å². The zero-order valence-electron chi connectivity index (χ0n) is 23.8. The molecule has 4 nitrogen and oxygen atoms in total. The molecule has 0 radical (unpaired) electrons. The van der Waals surface area contributed by atoms with Crippen LogP contribution in [0, 0.1) is 0 Å². The third kappa shape index (κ3) is 7.34. The normalized spacial score (nSPS) is 14.3. The number of carbonyl (C=O) groups excluding carboxylic acids is 2. The summed E-state index contributed by atoms with van der Waals surface area (Å²) in [5, 5.41) is 0. The summed E-state index contributed by atoms with van der Waals surface area (Å²) in [7, 11) is 0. The molecule has 0 N–H and O–H groups in total. The van der Waals surface area contributed by atoms with Gasteiger partial charge in [-0.25, -0.2) is 9.59 Å². The van der Waals surface area contributed by atoms with Crippen LogP contribution in [0.5, 0.6) is 5.75 Å². The van der Waals surface area contributed by atoms with Crippen LogP contribution in [0.25, 0.3) is 0 Å². The van der Waals surface area contributed by atoms with Crippen LogP contribution in [0.1, 0.15) is 117 Å². The summed E-state index contributed by atoms with van der Waals surface area (Å²) in [5.41, 5.74) is 4.67. The lowest BCUT2D eigenvalue weighted by molar-refractivity contribution is 0.0334. The highest BCUT2D eigenvalue weighted by atomic mass is 16.5. The van der Waals surface area contributed by atoms with Crippen LogP contribution in [0.4, 0.5) is 0 Å². The van der Waals surface area contributed by atoms with Gasteiger partial charge in [0, 0.05) is 5.92 Å². The first kappa shape index (κ1) is 29.2. The Morgan fingerprint density at radius 1 is 0.816 bits per heavy atom. The second kappa shape index (κ2) is 13.4. The third-order valence-electron chi connectivity index (χ3n) is 7.78. The molecule has 0 aliphatic carbocycles. The van der Waals surface area contributed by atoms with Crippen LogP contribution >= 0.6 is 0 Å². The summed E-state index contributed by atoms with van der Waals surface area (Å²) in [6.45, 7) is 12.9. The zero-order valence-corrected chi connectivity index (χ0v) is 23.8. The van der Waals surface area contributed by atoms with E-state index in [0.717, 1.165) is 18.4 Å². The van der Waals surface area contributed by atoms with Crippen molar-refractivity contribution in [3.63, 3.8) is 0 Å². The number of rotatable bonds is 12. The minimum Gasteiger partial charge on any atom is -0.459 e. The Kier molecular flexibility index (Phi) is 10.3. The standard InChI is InChI=1S/C34H42O4/c1-7-10-22-34(6,9-3)30-18-14-26(15-19-30)25(5)27-16-20-31(21-17-27)38-33(36)29-13-11-12-28(23-29)32(35)37-24(4)8-2/h11-21,23-25H,7-10,22H2,1-6H3. The fraction of sp³-hybridized carbons (Fsp3) is 0.412. The number of esters is 2. The van der Waals surface area contributed by atoms with Crippen molar-refractivity contribution in [3.05, 3.63) is 101 Å². The number of carbonyl (C=O) groups is 2. The molecule has 3 unspecified atom stereocenters. The van der Waals surface area contributed by atoms with Crippen molar-refractivity contribution in [2.45, 2.75) is 91.1 Å². The molecule has 3 rings (SSSR count). The minimum atomic E-state index is -0.512. The van der Waals surface area contributed by atoms with E-state index in [2.05, 4.69) is 52.0 Å². The first-order chi connectivity index (χ1) is 18.2. The van der Waals surface area contributed by atoms with E-state index in [1.165, 1.54) is 36.5 Å². The van der Waals surface area contributed by atoms with Crippen molar-refractivity contribution in [1.29, 1.82) is 0 Å². The maximum Gasteiger partial charge on any atom is 0.343 e. The Morgan fingerprint density at radius 2 is 1.39 bits per heavy atom. The van der Waals surface area contributed by atoms with E-state index in [0.29, 0.717) is 16.9 Å². The Labute approximate surface area is 228 Å². The molecule has 0 amide bonds. The van der Waals surface area contributed by atoms with Crippen molar-refractivity contribution in [2.75, 3.05) is 0 Å². The summed E-state index contributed by atoms with van der Waals surface area (Å²) >= 11 is 0. The first-order valence-electron chi connectivity index (χ1n) is 13.9. The molecular formula is C34H42O4. The number of hydrogen-bond acceptors (Lipinski definition) is 4. The molecule has 3 aromatic rings. The Balaban J connectivity index is 1.66. The lowest BCUT2D eigenvalue weighted by Gasteiger charge is -2.29. The summed E-state index contributed by atoms with van der Waals surface area (Å²) in [5.74, 6) is -0.281. The van der Waals surface area contributed by atoms with Gasteiger partial charge in [0.15, 0.2) is 0 Å². The predicted molar refractivity (Wildman–Crippen MR) is 154 cm³/mol. The van der Waals surface area contributed by atoms with Crippen LogP contribution in [0.3, 0.4) is 0 Å². The van der Waals surface area contributed by atoms with E-state index in [4.69, 9.17) is 9.47 Å². The smallest absolute Gasteiger partial charge is 0.343 e. The van der Waals surface area contributed by atoms with Crippen LogP contribution in [0.15, 0.2) is 72.8 Å². The van der Waals surface area contributed by atoms with Crippen molar-refractivity contribution in [1.82, 2.24) is 0 Å². The van der Waals surface area contributed by atoms with Crippen molar-refractivity contribution >= 4 is 11.9 Å². The maximum atomic E-state index is 12.7. The SMILES string of the molecule is CCCCC(C)(CC)c1ccc(C(C)c2ccc(OC(=O)c3cccc(C(=O)OC(C)CC)c3)cc2)cc1. The molecule has 3 atom stereocenters. The highest BCUT2D eigenvalue weighted by Gasteiger charge is 2.24. The number of unbranched alkanes of at least 4 members (excludes halogenated alkanes) is 1. The largest absolute Gasteiger partial charge is 0.459 e. The molecule has 0 heterocycles. The van der Waals surface area contributed by atoms with Crippen molar-refractivity contribution < 1.29 is 19.1 Å². The topological polar surface area (TPSA) is 52.6 Å². The van der Waals surface area contributed by atoms with E-state index < -0.39 is 11.9 Å². The van der Waals surface area contributed by atoms with E-state index in [-0.39, 0.29) is 17.4 Å². The lowest BCUT2D eigenvalue weighted by Crippen LogP contribution is -2.20. The van der Waals surface area contributed by atoms with Gasteiger partial charge in [0.05, 0.1) is 17.2 Å². The molecule has 0 aliphatic heterocycles. The van der Waals surface area contributed by atoms with Gasteiger partial charge < -0.3 is 9.47 Å². The molecule has 38 heavy (non-hydrogen) atoms. The van der Waals surface area contributed by atoms with Gasteiger partial charge in [-0.2, -0.15) is 0 Å². The van der Waals surface area contributed by atoms with E-state index >= 15 is 0 Å². The third-order valence-corrected chi connectivity index (χ3v) is 7.78. The molecule has 0 fully saturated rings. The molecular weight excluding hydrogens is 472 g/mol. The Hall–Kier alpha value is -3.40. The maximum absolute atomic E-state index is 12.7. The van der Waals surface area contributed by atoms with Gasteiger partial charge in [0.25, 0.3) is 0 Å². The highest BCUT2D eigenvalue weighted by molar-refractivity contribution is 5.96. The summed E-state index contributed by atoms with van der Waals surface area (Å²) in [6.07, 6.45) is 5.35. The quantitative estimate of drug-likeness (QED) is 0.179. The van der Waals surface area contributed by atoms with Gasteiger partial charge in [-0.3, -0.25) is 0 Å². The molecule has 0 aliphatic rings. The number of benzene rings is 3. The fourth-order valence-electron chi connectivity index (χ4n) is 4.56. The highest BCUT2D eigenvalue weighted by Crippen LogP contribution is 2.34. The van der Waals surface area contributed by atoms with Gasteiger partial charge in [-0.05, 0) is 78.6 Å². The predicted octanol–water partition coefficient (Wildman–Crippen LogP) is 8.87. The van der Waals surface area contributed by atoms with Crippen LogP contribution in [0.2, 0.25) is 0 Å². The van der Waals surface area contributed by atoms with E-state index in [9.17, 15) is 9.59 Å². The summed E-state index contributed by atoms with van der Waals surface area (Å²) in [4.78, 5) is 25.1. The molecule has 0 spiro atoms. The second-order valence-corrected chi connectivity index (χ2v) is 10.5. The van der Waals surface area contributed by atoms with Crippen LogP contribution in [-0.2, 0) is 10.2 Å². The van der Waals surface area contributed by atoms with Crippen LogP contribution in [-0.4, -0.2) is 18.0 Å². The van der Waals surface area contributed by atoms with Gasteiger partial charge >= 0.3 is 11.9 Å². The first-order valence-corrected chi connectivity index (χ1v) is 13.9. The lowest BCUT2D eigenvalue weighted by atomic mass is 9.75. The summed E-state index contributed by atoms with van der Waals surface area (Å²) in [6, 6.07) is 23.1. The molecule has 0 aromatic heterocycles. The van der Waals surface area contributed by atoms with Gasteiger partial charge in [0.2, 0.25) is 0 Å². The average molecular weight is 515 g/mol. The van der Waals surface area contributed by atoms with Crippen LogP contribution < -0.4 is 4.74 Å².